The molecule has 3 N–H and O–H groups in total. The Labute approximate surface area is 148 Å². The lowest BCUT2D eigenvalue weighted by molar-refractivity contribution is 0.224. The van der Waals surface area contributed by atoms with Gasteiger partial charge in [-0.15, -0.1) is 0 Å². The van der Waals surface area contributed by atoms with E-state index in [9.17, 15) is 0 Å². The van der Waals surface area contributed by atoms with Crippen molar-refractivity contribution in [3.63, 3.8) is 0 Å². The second-order valence-electron chi connectivity index (χ2n) is 5.51. The van der Waals surface area contributed by atoms with Gasteiger partial charge in [0.2, 0.25) is 0 Å². The van der Waals surface area contributed by atoms with Gasteiger partial charge in [-0.25, -0.2) is 4.99 Å². The number of ether oxygens (including phenoxy) is 3. The fourth-order valence-electron chi connectivity index (χ4n) is 2.23. The van der Waals surface area contributed by atoms with Gasteiger partial charge in [-0.1, -0.05) is 24.3 Å². The molecule has 2 aromatic rings. The van der Waals surface area contributed by atoms with Gasteiger partial charge in [0.25, 0.3) is 0 Å². The van der Waals surface area contributed by atoms with Crippen LogP contribution in [0.25, 0.3) is 0 Å². The summed E-state index contributed by atoms with van der Waals surface area (Å²) in [7, 11) is 3.21. The standard InChI is InChI=1S/C19H25N3O3/c1-14(25-16-7-5-4-6-8-16)12-21-19(20)22-13-15-9-10-17(23-2)18(11-15)24-3/h4-11,14H,12-13H2,1-3H3,(H3,20,21,22). The molecule has 0 radical (unpaired) electrons. The average Bonchev–Trinajstić information content (AvgIpc) is 2.65. The van der Waals surface area contributed by atoms with E-state index in [0.29, 0.717) is 30.5 Å². The summed E-state index contributed by atoms with van der Waals surface area (Å²) in [5.41, 5.74) is 6.90. The van der Waals surface area contributed by atoms with Crippen molar-refractivity contribution < 1.29 is 14.2 Å². The molecule has 6 heteroatoms. The molecule has 2 rings (SSSR count). The number of rotatable bonds is 8. The molecule has 1 unspecified atom stereocenters. The third kappa shape index (κ3) is 5.91. The zero-order valence-corrected chi connectivity index (χ0v) is 14.9. The van der Waals surface area contributed by atoms with Crippen molar-refractivity contribution >= 4 is 5.96 Å². The normalized spacial score (nSPS) is 12.4. The Balaban J connectivity index is 1.83. The molecule has 0 spiro atoms. The van der Waals surface area contributed by atoms with Gasteiger partial charge in [0.05, 0.1) is 27.3 Å². The van der Waals surface area contributed by atoms with E-state index in [1.807, 2.05) is 55.5 Å². The maximum absolute atomic E-state index is 5.92. The molecular weight excluding hydrogens is 318 g/mol. The van der Waals surface area contributed by atoms with Crippen LogP contribution in [0.4, 0.5) is 0 Å². The van der Waals surface area contributed by atoms with E-state index in [2.05, 4.69) is 10.3 Å². The topological polar surface area (TPSA) is 78.1 Å². The van der Waals surface area contributed by atoms with Crippen LogP contribution in [0.2, 0.25) is 0 Å². The van der Waals surface area contributed by atoms with Crippen LogP contribution in [0.5, 0.6) is 17.2 Å². The highest BCUT2D eigenvalue weighted by Gasteiger charge is 2.06. The third-order valence-electron chi connectivity index (χ3n) is 3.53. The van der Waals surface area contributed by atoms with E-state index < -0.39 is 0 Å². The largest absolute Gasteiger partial charge is 0.493 e. The lowest BCUT2D eigenvalue weighted by atomic mass is 10.2. The summed E-state index contributed by atoms with van der Waals surface area (Å²) >= 11 is 0. The van der Waals surface area contributed by atoms with Crippen molar-refractivity contribution in [2.45, 2.75) is 19.6 Å². The first-order valence-electron chi connectivity index (χ1n) is 8.08. The van der Waals surface area contributed by atoms with Gasteiger partial charge in [-0.05, 0) is 36.8 Å². The number of para-hydroxylation sites is 1. The minimum atomic E-state index is -0.0303. The summed E-state index contributed by atoms with van der Waals surface area (Å²) < 4.78 is 16.3. The number of nitrogens with zero attached hydrogens (tertiary/aromatic N) is 1. The van der Waals surface area contributed by atoms with Crippen LogP contribution < -0.4 is 25.3 Å². The van der Waals surface area contributed by atoms with Gasteiger partial charge >= 0.3 is 0 Å². The highest BCUT2D eigenvalue weighted by Crippen LogP contribution is 2.27. The van der Waals surface area contributed by atoms with Crippen LogP contribution in [-0.4, -0.2) is 32.8 Å². The summed E-state index contributed by atoms with van der Waals surface area (Å²) in [5, 5.41) is 3.07. The number of nitrogens with two attached hydrogens (primary N) is 1. The second-order valence-corrected chi connectivity index (χ2v) is 5.51. The number of nitrogens with one attached hydrogen (secondary N) is 1. The van der Waals surface area contributed by atoms with Crippen molar-refractivity contribution in [1.82, 2.24) is 5.32 Å². The molecule has 0 aromatic heterocycles. The molecule has 0 aliphatic rings. The molecule has 1 atom stereocenters. The van der Waals surface area contributed by atoms with Crippen molar-refractivity contribution in [3.8, 4) is 17.2 Å². The van der Waals surface area contributed by atoms with Crippen molar-refractivity contribution in [2.24, 2.45) is 10.7 Å². The number of hydrogen-bond acceptors (Lipinski definition) is 4. The molecule has 0 fully saturated rings. The summed E-state index contributed by atoms with van der Waals surface area (Å²) in [6.45, 7) is 2.99. The highest BCUT2D eigenvalue weighted by atomic mass is 16.5. The maximum Gasteiger partial charge on any atom is 0.189 e. The van der Waals surface area contributed by atoms with Gasteiger partial charge in [-0.2, -0.15) is 0 Å². The lowest BCUT2D eigenvalue weighted by Gasteiger charge is -2.15. The van der Waals surface area contributed by atoms with Gasteiger partial charge in [0.1, 0.15) is 11.9 Å². The van der Waals surface area contributed by atoms with E-state index in [0.717, 1.165) is 11.3 Å². The van der Waals surface area contributed by atoms with Crippen LogP contribution in [0.1, 0.15) is 12.5 Å². The molecule has 0 aliphatic heterocycles. The highest BCUT2D eigenvalue weighted by molar-refractivity contribution is 5.77. The first-order chi connectivity index (χ1) is 12.1. The predicted molar refractivity (Wildman–Crippen MR) is 99.4 cm³/mol. The van der Waals surface area contributed by atoms with Crippen LogP contribution in [0.3, 0.4) is 0 Å². The van der Waals surface area contributed by atoms with E-state index in [1.165, 1.54) is 0 Å². The number of hydrogen-bond donors (Lipinski definition) is 2. The molecule has 0 saturated carbocycles. The fourth-order valence-corrected chi connectivity index (χ4v) is 2.23. The average molecular weight is 343 g/mol. The minimum absolute atomic E-state index is 0.0303. The minimum Gasteiger partial charge on any atom is -0.493 e. The maximum atomic E-state index is 5.92. The smallest absolute Gasteiger partial charge is 0.189 e. The van der Waals surface area contributed by atoms with E-state index in [4.69, 9.17) is 19.9 Å². The van der Waals surface area contributed by atoms with E-state index >= 15 is 0 Å². The van der Waals surface area contributed by atoms with Crippen molar-refractivity contribution in [3.05, 3.63) is 54.1 Å². The molecule has 0 amide bonds. The first-order valence-corrected chi connectivity index (χ1v) is 8.08. The number of methoxy groups -OCH3 is 2. The Morgan fingerprint density at radius 3 is 2.48 bits per heavy atom. The molecule has 0 heterocycles. The lowest BCUT2D eigenvalue weighted by Crippen LogP contribution is -2.38. The number of guanidine groups is 1. The number of aliphatic imine (C=N–C) groups is 1. The molecule has 25 heavy (non-hydrogen) atoms. The molecule has 0 bridgehead atoms. The Bertz CT molecular complexity index is 690. The van der Waals surface area contributed by atoms with Crippen LogP contribution in [-0.2, 0) is 6.54 Å². The van der Waals surface area contributed by atoms with Crippen LogP contribution in [0.15, 0.2) is 53.5 Å². The van der Waals surface area contributed by atoms with E-state index in [-0.39, 0.29) is 6.10 Å². The SMILES string of the molecule is COc1ccc(CN=C(N)NCC(C)Oc2ccccc2)cc1OC. The van der Waals surface area contributed by atoms with Gasteiger partial charge < -0.3 is 25.3 Å². The zero-order chi connectivity index (χ0) is 18.1. The van der Waals surface area contributed by atoms with Crippen molar-refractivity contribution in [2.75, 3.05) is 20.8 Å². The quantitative estimate of drug-likeness (QED) is 0.569. The molecule has 2 aromatic carbocycles. The molecule has 6 nitrogen and oxygen atoms in total. The summed E-state index contributed by atoms with van der Waals surface area (Å²) in [4.78, 5) is 4.34. The molecule has 134 valence electrons. The van der Waals surface area contributed by atoms with Gasteiger partial charge in [0.15, 0.2) is 17.5 Å². The Morgan fingerprint density at radius 2 is 1.80 bits per heavy atom. The summed E-state index contributed by atoms with van der Waals surface area (Å²) in [6, 6.07) is 15.3. The van der Waals surface area contributed by atoms with Crippen LogP contribution >= 0.6 is 0 Å². The van der Waals surface area contributed by atoms with E-state index in [1.54, 1.807) is 14.2 Å². The fraction of sp³-hybridized carbons (Fsp3) is 0.316. The van der Waals surface area contributed by atoms with Gasteiger partial charge in [-0.3, -0.25) is 0 Å². The molecule has 0 aliphatic carbocycles. The third-order valence-corrected chi connectivity index (χ3v) is 3.53. The van der Waals surface area contributed by atoms with Gasteiger partial charge in [0, 0.05) is 0 Å². The van der Waals surface area contributed by atoms with Crippen LogP contribution in [0, 0.1) is 0 Å². The Hall–Kier alpha value is -2.89. The summed E-state index contributed by atoms with van der Waals surface area (Å²) in [6.07, 6.45) is -0.0303. The van der Waals surface area contributed by atoms with Crippen molar-refractivity contribution in [1.29, 1.82) is 0 Å². The Morgan fingerprint density at radius 1 is 1.08 bits per heavy atom. The molecular formula is C19H25N3O3. The predicted octanol–water partition coefficient (Wildman–Crippen LogP) is 2.58. The monoisotopic (exact) mass is 343 g/mol. The number of benzene rings is 2. The first kappa shape index (κ1) is 18.4. The Kier molecular flexibility index (Phi) is 6.95. The zero-order valence-electron chi connectivity index (χ0n) is 14.9. The second kappa shape index (κ2) is 9.42. The molecule has 0 saturated heterocycles. The summed E-state index contributed by atoms with van der Waals surface area (Å²) in [5.74, 6) is 2.57.